The van der Waals surface area contributed by atoms with Crippen molar-refractivity contribution >= 4 is 33.3 Å². The molecule has 0 spiro atoms. The van der Waals surface area contributed by atoms with Gasteiger partial charge >= 0.3 is 0 Å². The molecule has 2 rings (SSSR count). The van der Waals surface area contributed by atoms with Crippen molar-refractivity contribution in [2.24, 2.45) is 0 Å². The topological polar surface area (TPSA) is 37.4 Å². The van der Waals surface area contributed by atoms with Gasteiger partial charge in [0.1, 0.15) is 0 Å². The van der Waals surface area contributed by atoms with Gasteiger partial charge in [-0.3, -0.25) is 9.59 Å². The van der Waals surface area contributed by atoms with Crippen molar-refractivity contribution in [3.05, 3.63) is 28.2 Å². The van der Waals surface area contributed by atoms with Crippen LogP contribution in [-0.4, -0.2) is 18.2 Å². The summed E-state index contributed by atoms with van der Waals surface area (Å²) in [6.07, 6.45) is 0.327. The van der Waals surface area contributed by atoms with Gasteiger partial charge in [-0.1, -0.05) is 15.9 Å². The van der Waals surface area contributed by atoms with Gasteiger partial charge in [0.25, 0.3) is 5.91 Å². The van der Waals surface area contributed by atoms with Crippen LogP contribution in [0.1, 0.15) is 12.0 Å². The number of rotatable bonds is 1. The second-order valence-corrected chi connectivity index (χ2v) is 4.42. The Labute approximate surface area is 96.2 Å². The van der Waals surface area contributed by atoms with Crippen molar-refractivity contribution in [3.8, 4) is 0 Å². The lowest BCUT2D eigenvalue weighted by atomic mass is 10.2. The number of halogens is 1. The summed E-state index contributed by atoms with van der Waals surface area (Å²) in [5, 5.41) is 0. The number of Topliss-reactive ketones (excluding diaryl/α,β-unsaturated/α-hetero) is 1. The molecule has 1 aliphatic heterocycles. The number of hydrogen-bond donors (Lipinski definition) is 0. The van der Waals surface area contributed by atoms with Gasteiger partial charge in [0.05, 0.1) is 0 Å². The highest BCUT2D eigenvalue weighted by Crippen LogP contribution is 2.25. The van der Waals surface area contributed by atoms with Crippen molar-refractivity contribution < 1.29 is 9.59 Å². The van der Waals surface area contributed by atoms with Crippen molar-refractivity contribution in [1.29, 1.82) is 0 Å². The van der Waals surface area contributed by atoms with Crippen LogP contribution in [-0.2, 0) is 9.59 Å². The minimum atomic E-state index is -0.392. The minimum absolute atomic E-state index is 0.296. The Hall–Kier alpha value is -1.16. The Kier molecular flexibility index (Phi) is 2.61. The molecule has 0 aromatic heterocycles. The molecule has 1 fully saturated rings. The Bertz CT molecular complexity index is 442. The molecular formula is C11H10BrNO2. The molecule has 0 radical (unpaired) electrons. The SMILES string of the molecule is Cc1cc(N2CCC(=O)C2=O)ccc1Br. The summed E-state index contributed by atoms with van der Waals surface area (Å²) in [7, 11) is 0. The van der Waals surface area contributed by atoms with Crippen LogP contribution in [0.2, 0.25) is 0 Å². The number of nitrogens with zero attached hydrogens (tertiary/aromatic N) is 1. The number of ketones is 1. The summed E-state index contributed by atoms with van der Waals surface area (Å²) >= 11 is 3.39. The third-order valence-electron chi connectivity index (χ3n) is 2.50. The van der Waals surface area contributed by atoms with Gasteiger partial charge in [0.15, 0.2) is 0 Å². The predicted molar refractivity (Wildman–Crippen MR) is 60.9 cm³/mol. The number of aryl methyl sites for hydroxylation is 1. The number of hydrogen-bond acceptors (Lipinski definition) is 2. The lowest BCUT2D eigenvalue weighted by Crippen LogP contribution is -2.26. The van der Waals surface area contributed by atoms with E-state index in [1.54, 1.807) is 0 Å². The quantitative estimate of drug-likeness (QED) is 0.731. The largest absolute Gasteiger partial charge is 0.305 e. The molecule has 0 bridgehead atoms. The molecule has 1 saturated heterocycles. The van der Waals surface area contributed by atoms with E-state index in [2.05, 4.69) is 15.9 Å². The zero-order valence-corrected chi connectivity index (χ0v) is 9.87. The fraction of sp³-hybridized carbons (Fsp3) is 0.273. The first-order valence-corrected chi connectivity index (χ1v) is 5.50. The first kappa shape index (κ1) is 10.4. The number of carbonyl (C=O) groups is 2. The molecule has 1 aromatic carbocycles. The van der Waals surface area contributed by atoms with Crippen LogP contribution in [0.4, 0.5) is 5.69 Å². The number of benzene rings is 1. The number of carbonyl (C=O) groups excluding carboxylic acids is 2. The highest BCUT2D eigenvalue weighted by Gasteiger charge is 2.30. The Morgan fingerprint density at radius 2 is 2.07 bits per heavy atom. The van der Waals surface area contributed by atoms with E-state index in [0.29, 0.717) is 13.0 Å². The maximum Gasteiger partial charge on any atom is 0.294 e. The van der Waals surface area contributed by atoms with Crippen molar-refractivity contribution in [1.82, 2.24) is 0 Å². The van der Waals surface area contributed by atoms with Gasteiger partial charge in [-0.25, -0.2) is 0 Å². The average Bonchev–Trinajstić information content (AvgIpc) is 2.53. The van der Waals surface area contributed by atoms with Gasteiger partial charge in [0.2, 0.25) is 5.78 Å². The summed E-state index contributed by atoms with van der Waals surface area (Å²) in [5.74, 6) is -0.688. The molecule has 0 unspecified atom stereocenters. The molecule has 0 aliphatic carbocycles. The summed E-state index contributed by atoms with van der Waals surface area (Å²) in [6, 6.07) is 5.63. The van der Waals surface area contributed by atoms with E-state index in [1.165, 1.54) is 4.90 Å². The summed E-state index contributed by atoms with van der Waals surface area (Å²) in [6.45, 7) is 2.45. The first-order valence-electron chi connectivity index (χ1n) is 4.70. The summed E-state index contributed by atoms with van der Waals surface area (Å²) < 4.78 is 1.00. The van der Waals surface area contributed by atoms with E-state index >= 15 is 0 Å². The third-order valence-corrected chi connectivity index (χ3v) is 3.39. The number of amides is 1. The van der Waals surface area contributed by atoms with Crippen LogP contribution >= 0.6 is 15.9 Å². The zero-order valence-electron chi connectivity index (χ0n) is 8.29. The van der Waals surface area contributed by atoms with Gasteiger partial charge in [-0.15, -0.1) is 0 Å². The summed E-state index contributed by atoms with van der Waals surface area (Å²) in [4.78, 5) is 24.1. The minimum Gasteiger partial charge on any atom is -0.305 e. The monoisotopic (exact) mass is 267 g/mol. The molecule has 0 saturated carbocycles. The number of anilines is 1. The van der Waals surface area contributed by atoms with E-state index in [-0.39, 0.29) is 5.78 Å². The summed E-state index contributed by atoms with van der Waals surface area (Å²) in [5.41, 5.74) is 1.85. The van der Waals surface area contributed by atoms with E-state index in [4.69, 9.17) is 0 Å². The van der Waals surface area contributed by atoms with Crippen molar-refractivity contribution in [2.45, 2.75) is 13.3 Å². The fourth-order valence-corrected chi connectivity index (χ4v) is 1.86. The third kappa shape index (κ3) is 1.81. The molecule has 0 N–H and O–H groups in total. The van der Waals surface area contributed by atoms with E-state index in [1.807, 2.05) is 25.1 Å². The molecule has 15 heavy (non-hydrogen) atoms. The van der Waals surface area contributed by atoms with E-state index in [9.17, 15) is 9.59 Å². The maximum absolute atomic E-state index is 11.5. The van der Waals surface area contributed by atoms with Crippen LogP contribution in [0.3, 0.4) is 0 Å². The standard InChI is InChI=1S/C11H10BrNO2/c1-7-6-8(2-3-9(7)12)13-5-4-10(14)11(13)15/h2-3,6H,4-5H2,1H3. The van der Waals surface area contributed by atoms with Crippen LogP contribution < -0.4 is 4.90 Å². The average molecular weight is 268 g/mol. The van der Waals surface area contributed by atoms with Crippen molar-refractivity contribution in [2.75, 3.05) is 11.4 Å². The lowest BCUT2D eigenvalue weighted by Gasteiger charge is -2.15. The molecule has 1 heterocycles. The van der Waals surface area contributed by atoms with Gasteiger partial charge in [0, 0.05) is 23.1 Å². The van der Waals surface area contributed by atoms with Crippen molar-refractivity contribution in [3.63, 3.8) is 0 Å². The fourth-order valence-electron chi connectivity index (χ4n) is 1.62. The molecular weight excluding hydrogens is 258 g/mol. The molecule has 3 nitrogen and oxygen atoms in total. The van der Waals surface area contributed by atoms with E-state index in [0.717, 1.165) is 15.7 Å². The zero-order chi connectivity index (χ0) is 11.0. The second kappa shape index (κ2) is 3.77. The molecule has 1 aromatic rings. The Morgan fingerprint density at radius 1 is 1.33 bits per heavy atom. The predicted octanol–water partition coefficient (Wildman–Crippen LogP) is 2.06. The first-order chi connectivity index (χ1) is 7.09. The molecule has 1 aliphatic rings. The second-order valence-electron chi connectivity index (χ2n) is 3.56. The van der Waals surface area contributed by atoms with Crippen LogP contribution in [0.5, 0.6) is 0 Å². The van der Waals surface area contributed by atoms with E-state index < -0.39 is 5.91 Å². The normalized spacial score (nSPS) is 16.3. The lowest BCUT2D eigenvalue weighted by molar-refractivity contribution is -0.133. The van der Waals surface area contributed by atoms with Gasteiger partial charge in [-0.05, 0) is 30.7 Å². The molecule has 1 amide bonds. The van der Waals surface area contributed by atoms with Gasteiger partial charge in [-0.2, -0.15) is 0 Å². The maximum atomic E-state index is 11.5. The molecule has 0 atom stereocenters. The van der Waals surface area contributed by atoms with Crippen LogP contribution in [0.25, 0.3) is 0 Å². The molecule has 4 heteroatoms. The van der Waals surface area contributed by atoms with Crippen LogP contribution in [0, 0.1) is 6.92 Å². The Balaban J connectivity index is 2.34. The molecule has 78 valence electrons. The van der Waals surface area contributed by atoms with Gasteiger partial charge < -0.3 is 4.90 Å². The highest BCUT2D eigenvalue weighted by atomic mass is 79.9. The van der Waals surface area contributed by atoms with Crippen LogP contribution in [0.15, 0.2) is 22.7 Å². The Morgan fingerprint density at radius 3 is 2.60 bits per heavy atom. The highest BCUT2D eigenvalue weighted by molar-refractivity contribution is 9.10. The smallest absolute Gasteiger partial charge is 0.294 e.